The lowest BCUT2D eigenvalue weighted by atomic mass is 10.1. The second kappa shape index (κ2) is 9.75. The van der Waals surface area contributed by atoms with Gasteiger partial charge in [-0.3, -0.25) is 8.93 Å². The number of nitrogens with one attached hydrogen (secondary N) is 1. The summed E-state index contributed by atoms with van der Waals surface area (Å²) in [7, 11) is 1.52. The molecular weight excluding hydrogens is 398 g/mol. The topological polar surface area (TPSA) is 131 Å². The van der Waals surface area contributed by atoms with Crippen LogP contribution in [0.5, 0.6) is 17.6 Å². The van der Waals surface area contributed by atoms with Gasteiger partial charge in [0.1, 0.15) is 19.5 Å². The van der Waals surface area contributed by atoms with Gasteiger partial charge in [0.05, 0.1) is 25.1 Å². The zero-order valence-corrected chi connectivity index (χ0v) is 16.5. The predicted molar refractivity (Wildman–Crippen MR) is 104 cm³/mol. The van der Waals surface area contributed by atoms with Crippen LogP contribution in [0.15, 0.2) is 43.0 Å². The molecular formula is C18H18N5O5S-. The Morgan fingerprint density at radius 2 is 1.72 bits per heavy atom. The number of hydrogen-bond donors (Lipinski definition) is 1. The van der Waals surface area contributed by atoms with Gasteiger partial charge in [0.2, 0.25) is 5.88 Å². The van der Waals surface area contributed by atoms with E-state index in [2.05, 4.69) is 24.7 Å². The first-order valence-corrected chi connectivity index (χ1v) is 9.54. The van der Waals surface area contributed by atoms with Gasteiger partial charge in [-0.1, -0.05) is 29.8 Å². The first-order chi connectivity index (χ1) is 14.1. The normalized spacial score (nSPS) is 11.6. The molecule has 0 aliphatic carbocycles. The largest absolute Gasteiger partial charge is 0.755 e. The summed E-state index contributed by atoms with van der Waals surface area (Å²) in [5, 5.41) is 0. The van der Waals surface area contributed by atoms with E-state index in [4.69, 9.17) is 14.2 Å². The van der Waals surface area contributed by atoms with Gasteiger partial charge in [0.25, 0.3) is 0 Å². The Hall–Kier alpha value is -3.31. The van der Waals surface area contributed by atoms with E-state index >= 15 is 0 Å². The van der Waals surface area contributed by atoms with E-state index in [1.54, 1.807) is 0 Å². The van der Waals surface area contributed by atoms with Gasteiger partial charge >= 0.3 is 6.01 Å². The third-order valence-electron chi connectivity index (χ3n) is 3.73. The molecule has 152 valence electrons. The molecule has 0 spiro atoms. The minimum absolute atomic E-state index is 0.117. The molecule has 1 N–H and O–H groups in total. The minimum atomic E-state index is -2.55. The molecule has 10 nitrogen and oxygen atoms in total. The fourth-order valence-corrected chi connectivity index (χ4v) is 2.68. The summed E-state index contributed by atoms with van der Waals surface area (Å²) in [4.78, 5) is 16.1. The number of nitrogens with zero attached hydrogens (tertiary/aromatic N) is 4. The third kappa shape index (κ3) is 5.59. The van der Waals surface area contributed by atoms with E-state index in [1.165, 1.54) is 25.8 Å². The van der Waals surface area contributed by atoms with E-state index in [1.807, 2.05) is 31.2 Å². The maximum atomic E-state index is 11.1. The number of ether oxygens (including phenoxy) is 3. The average molecular weight is 416 g/mol. The minimum Gasteiger partial charge on any atom is -0.755 e. The van der Waals surface area contributed by atoms with Crippen molar-refractivity contribution in [3.05, 3.63) is 48.5 Å². The van der Waals surface area contributed by atoms with Crippen LogP contribution in [-0.2, 0) is 11.3 Å². The third-order valence-corrected chi connectivity index (χ3v) is 4.09. The van der Waals surface area contributed by atoms with Crippen molar-refractivity contribution < 1.29 is 23.0 Å². The van der Waals surface area contributed by atoms with Gasteiger partial charge < -0.3 is 18.8 Å². The summed E-state index contributed by atoms with van der Waals surface area (Å²) in [6, 6.07) is 7.64. The fraction of sp³-hybridized carbons (Fsp3) is 0.222. The monoisotopic (exact) mass is 416 g/mol. The molecule has 2 heterocycles. The molecule has 3 rings (SSSR count). The first-order valence-electron chi connectivity index (χ1n) is 8.46. The van der Waals surface area contributed by atoms with Crippen molar-refractivity contribution in [3.63, 3.8) is 0 Å². The van der Waals surface area contributed by atoms with E-state index < -0.39 is 11.3 Å². The highest BCUT2D eigenvalue weighted by Gasteiger charge is 2.15. The van der Waals surface area contributed by atoms with Crippen molar-refractivity contribution in [3.8, 4) is 28.8 Å². The molecule has 1 atom stereocenters. The van der Waals surface area contributed by atoms with E-state index in [0.717, 1.165) is 5.56 Å². The molecule has 0 aliphatic rings. The molecule has 0 aliphatic heterocycles. The Morgan fingerprint density at radius 1 is 1.03 bits per heavy atom. The molecule has 0 radical (unpaired) electrons. The predicted octanol–water partition coefficient (Wildman–Crippen LogP) is 1.91. The van der Waals surface area contributed by atoms with Crippen LogP contribution in [0.3, 0.4) is 0 Å². The molecule has 0 saturated heterocycles. The van der Waals surface area contributed by atoms with Crippen molar-refractivity contribution in [2.75, 3.05) is 25.0 Å². The quantitative estimate of drug-likeness (QED) is 0.410. The fourth-order valence-electron chi connectivity index (χ4n) is 2.37. The number of rotatable bonds is 9. The van der Waals surface area contributed by atoms with Crippen molar-refractivity contribution >= 4 is 17.1 Å². The highest BCUT2D eigenvalue weighted by molar-refractivity contribution is 7.80. The summed E-state index contributed by atoms with van der Waals surface area (Å²) in [5.74, 6) is 0.857. The molecule has 0 saturated carbocycles. The van der Waals surface area contributed by atoms with Crippen molar-refractivity contribution in [1.82, 2.24) is 19.9 Å². The highest BCUT2D eigenvalue weighted by Crippen LogP contribution is 2.34. The lowest BCUT2D eigenvalue weighted by Crippen LogP contribution is -2.13. The molecule has 11 heteroatoms. The number of aryl methyl sites for hydroxylation is 1. The maximum Gasteiger partial charge on any atom is 0.316 e. The second-order valence-corrected chi connectivity index (χ2v) is 6.38. The van der Waals surface area contributed by atoms with Gasteiger partial charge in [0.15, 0.2) is 11.6 Å². The first kappa shape index (κ1) is 20.4. The van der Waals surface area contributed by atoms with E-state index in [9.17, 15) is 8.76 Å². The van der Waals surface area contributed by atoms with Gasteiger partial charge in [-0.05, 0) is 12.5 Å². The standard InChI is InChI=1S/C18H19N5O5S/c1-12-3-5-13(6-4-12)15-16(23-29(24)25)21-11-22-17(15)27-7-8-28-18-19-9-14(26-2)10-20-18/h3-6,9-11H,7-8H2,1-2H3,(H,24,25)(H,21,22,23)/p-1. The van der Waals surface area contributed by atoms with Crippen LogP contribution in [0.25, 0.3) is 11.1 Å². The van der Waals surface area contributed by atoms with Gasteiger partial charge in [-0.2, -0.15) is 9.97 Å². The smallest absolute Gasteiger partial charge is 0.316 e. The summed E-state index contributed by atoms with van der Waals surface area (Å²) >= 11 is -2.55. The SMILES string of the molecule is COc1cnc(OCCOc2ncnc(NS(=O)[O-])c2-c2ccc(C)cc2)nc1. The van der Waals surface area contributed by atoms with Gasteiger partial charge in [-0.25, -0.2) is 9.97 Å². The van der Waals surface area contributed by atoms with Crippen LogP contribution < -0.4 is 18.9 Å². The Labute approximate surface area is 169 Å². The summed E-state index contributed by atoms with van der Waals surface area (Å²) in [6.45, 7) is 2.23. The molecule has 0 fully saturated rings. The zero-order valence-electron chi connectivity index (χ0n) is 15.7. The Bertz CT molecular complexity index is 969. The van der Waals surface area contributed by atoms with Crippen LogP contribution >= 0.6 is 0 Å². The molecule has 2 aromatic heterocycles. The molecule has 0 amide bonds. The number of methoxy groups -OCH3 is 1. The highest BCUT2D eigenvalue weighted by atomic mass is 32.2. The van der Waals surface area contributed by atoms with Crippen LogP contribution in [0.1, 0.15) is 5.56 Å². The summed E-state index contributed by atoms with van der Waals surface area (Å²) < 4.78 is 40.6. The molecule has 3 aromatic rings. The molecule has 1 unspecified atom stereocenters. The van der Waals surface area contributed by atoms with Crippen molar-refractivity contribution in [2.24, 2.45) is 0 Å². The molecule has 0 bridgehead atoms. The Morgan fingerprint density at radius 3 is 2.38 bits per heavy atom. The Balaban J connectivity index is 1.73. The number of anilines is 1. The second-order valence-electron chi connectivity index (χ2n) is 5.71. The molecule has 29 heavy (non-hydrogen) atoms. The number of aromatic nitrogens is 4. The summed E-state index contributed by atoms with van der Waals surface area (Å²) in [6.07, 6.45) is 4.20. The van der Waals surface area contributed by atoms with Crippen molar-refractivity contribution in [1.29, 1.82) is 0 Å². The van der Waals surface area contributed by atoms with Crippen LogP contribution in [-0.4, -0.2) is 49.0 Å². The van der Waals surface area contributed by atoms with Crippen LogP contribution in [0.2, 0.25) is 0 Å². The zero-order chi connectivity index (χ0) is 20.6. The number of benzene rings is 1. The Kier molecular flexibility index (Phi) is 6.87. The lowest BCUT2D eigenvalue weighted by molar-refractivity contribution is 0.201. The van der Waals surface area contributed by atoms with Gasteiger partial charge in [-0.15, -0.1) is 0 Å². The van der Waals surface area contributed by atoms with Crippen LogP contribution in [0.4, 0.5) is 5.82 Å². The molecule has 1 aromatic carbocycles. The van der Waals surface area contributed by atoms with E-state index in [-0.39, 0.29) is 30.9 Å². The van der Waals surface area contributed by atoms with Crippen LogP contribution in [0, 0.1) is 6.92 Å². The number of hydrogen-bond acceptors (Lipinski definition) is 9. The van der Waals surface area contributed by atoms with Gasteiger partial charge in [0, 0.05) is 11.3 Å². The van der Waals surface area contributed by atoms with Crippen molar-refractivity contribution in [2.45, 2.75) is 6.92 Å². The average Bonchev–Trinajstić information content (AvgIpc) is 2.72. The van der Waals surface area contributed by atoms with E-state index in [0.29, 0.717) is 16.9 Å². The summed E-state index contributed by atoms with van der Waals surface area (Å²) in [5.41, 5.74) is 2.19. The lowest BCUT2D eigenvalue weighted by Gasteiger charge is -2.16. The maximum absolute atomic E-state index is 11.1.